The Hall–Kier alpha value is -1.34. The quantitative estimate of drug-likeness (QED) is 0.792. The molecule has 1 spiro atoms. The Morgan fingerprint density at radius 2 is 2.04 bits per heavy atom. The van der Waals surface area contributed by atoms with E-state index < -0.39 is 0 Å². The monoisotopic (exact) mass is 307 g/mol. The molecule has 122 valence electrons. The van der Waals surface area contributed by atoms with Gasteiger partial charge >= 0.3 is 0 Å². The van der Waals surface area contributed by atoms with E-state index in [-0.39, 0.29) is 10.8 Å². The summed E-state index contributed by atoms with van der Waals surface area (Å²) in [5.41, 5.74) is 7.09. The van der Waals surface area contributed by atoms with E-state index in [4.69, 9.17) is 0 Å². The van der Waals surface area contributed by atoms with Gasteiger partial charge in [0.1, 0.15) is 0 Å². The number of hydrogen-bond acceptors (Lipinski definition) is 1. The van der Waals surface area contributed by atoms with Crippen LogP contribution in [0.15, 0.2) is 48.1 Å². The molecule has 2 bridgehead atoms. The second-order valence-electron chi connectivity index (χ2n) is 8.09. The van der Waals surface area contributed by atoms with Gasteiger partial charge in [0.05, 0.1) is 0 Å². The summed E-state index contributed by atoms with van der Waals surface area (Å²) in [6.45, 7) is 12.2. The summed E-state index contributed by atoms with van der Waals surface area (Å²) in [4.78, 5) is 0. The number of fused-ring (bicyclic) bond motifs is 3. The van der Waals surface area contributed by atoms with Crippen LogP contribution in [0.25, 0.3) is 0 Å². The number of aryl methyl sites for hydroxylation is 1. The smallest absolute Gasteiger partial charge is 0.0238 e. The highest BCUT2D eigenvalue weighted by molar-refractivity contribution is 5.50. The molecule has 3 aliphatic rings. The lowest BCUT2D eigenvalue weighted by molar-refractivity contribution is 0.0405. The lowest BCUT2D eigenvalue weighted by Gasteiger charge is -2.59. The van der Waals surface area contributed by atoms with Crippen molar-refractivity contribution in [2.75, 3.05) is 6.54 Å². The molecule has 23 heavy (non-hydrogen) atoms. The van der Waals surface area contributed by atoms with Gasteiger partial charge < -0.3 is 5.32 Å². The molecule has 4 rings (SSSR count). The maximum absolute atomic E-state index is 3.93. The number of nitrogens with one attached hydrogen (secondary N) is 1. The van der Waals surface area contributed by atoms with E-state index in [1.54, 1.807) is 22.3 Å². The third-order valence-electron chi connectivity index (χ3n) is 7.57. The zero-order valence-electron chi connectivity index (χ0n) is 14.8. The van der Waals surface area contributed by atoms with Gasteiger partial charge in [-0.15, -0.1) is 6.58 Å². The van der Waals surface area contributed by atoms with Crippen LogP contribution in [0.4, 0.5) is 0 Å². The minimum Gasteiger partial charge on any atom is -0.309 e. The fraction of sp³-hybridized carbons (Fsp3) is 0.545. The first-order chi connectivity index (χ1) is 11.1. The summed E-state index contributed by atoms with van der Waals surface area (Å²) in [5, 5.41) is 3.88. The highest BCUT2D eigenvalue weighted by atomic mass is 15.0. The largest absolute Gasteiger partial charge is 0.309 e. The predicted octanol–water partition coefficient (Wildman–Crippen LogP) is 4.78. The van der Waals surface area contributed by atoms with E-state index >= 15 is 0 Å². The van der Waals surface area contributed by atoms with Gasteiger partial charge in [-0.3, -0.25) is 0 Å². The summed E-state index contributed by atoms with van der Waals surface area (Å²) < 4.78 is 0. The summed E-state index contributed by atoms with van der Waals surface area (Å²) in [7, 11) is 0. The molecule has 1 N–H and O–H groups in total. The van der Waals surface area contributed by atoms with E-state index in [2.05, 4.69) is 56.9 Å². The molecule has 3 aliphatic carbocycles. The van der Waals surface area contributed by atoms with Crippen molar-refractivity contribution in [3.63, 3.8) is 0 Å². The lowest BCUT2D eigenvalue weighted by atomic mass is 9.46. The Morgan fingerprint density at radius 1 is 1.26 bits per heavy atom. The maximum Gasteiger partial charge on any atom is 0.0238 e. The molecule has 0 saturated heterocycles. The molecule has 1 nitrogen and oxygen atoms in total. The first-order valence-corrected chi connectivity index (χ1v) is 9.17. The van der Waals surface area contributed by atoms with E-state index in [1.807, 2.05) is 6.08 Å². The summed E-state index contributed by atoms with van der Waals surface area (Å²) in [5.74, 6) is 0.716. The van der Waals surface area contributed by atoms with Crippen molar-refractivity contribution in [1.82, 2.24) is 5.32 Å². The van der Waals surface area contributed by atoms with Gasteiger partial charge in [-0.25, -0.2) is 0 Å². The highest BCUT2D eigenvalue weighted by Gasteiger charge is 2.64. The van der Waals surface area contributed by atoms with Crippen molar-refractivity contribution < 1.29 is 0 Å². The van der Waals surface area contributed by atoms with Crippen LogP contribution in [-0.2, 0) is 11.8 Å². The van der Waals surface area contributed by atoms with Gasteiger partial charge in [0, 0.05) is 23.4 Å². The Bertz CT molecular complexity index is 685. The van der Waals surface area contributed by atoms with Gasteiger partial charge in [0.15, 0.2) is 0 Å². The van der Waals surface area contributed by atoms with Crippen LogP contribution < -0.4 is 5.32 Å². The van der Waals surface area contributed by atoms with Crippen LogP contribution in [0.2, 0.25) is 0 Å². The SMILES string of the molecule is C=CCNC1[C@@H]2CC[C@@]3(C)c4ccccc4CC[C@]13C(C)=C2C. The molecular weight excluding hydrogens is 278 g/mol. The van der Waals surface area contributed by atoms with Gasteiger partial charge in [0.25, 0.3) is 0 Å². The second kappa shape index (κ2) is 5.08. The summed E-state index contributed by atoms with van der Waals surface area (Å²) in [6.07, 6.45) is 7.15. The molecule has 1 fully saturated rings. The van der Waals surface area contributed by atoms with Crippen molar-refractivity contribution in [3.8, 4) is 0 Å². The average molecular weight is 307 g/mol. The summed E-state index contributed by atoms with van der Waals surface area (Å²) >= 11 is 0. The molecule has 1 saturated carbocycles. The topological polar surface area (TPSA) is 12.0 Å². The normalized spacial score (nSPS) is 38.2. The van der Waals surface area contributed by atoms with Crippen LogP contribution >= 0.6 is 0 Å². The molecule has 4 atom stereocenters. The molecule has 1 unspecified atom stereocenters. The predicted molar refractivity (Wildman–Crippen MR) is 97.6 cm³/mol. The van der Waals surface area contributed by atoms with E-state index in [9.17, 15) is 0 Å². The lowest BCUT2D eigenvalue weighted by Crippen LogP contribution is -2.61. The van der Waals surface area contributed by atoms with Crippen LogP contribution in [0.3, 0.4) is 0 Å². The third-order valence-corrected chi connectivity index (χ3v) is 7.57. The van der Waals surface area contributed by atoms with Crippen molar-refractivity contribution in [1.29, 1.82) is 0 Å². The Labute approximate surface area is 140 Å². The maximum atomic E-state index is 3.93. The number of benzene rings is 1. The van der Waals surface area contributed by atoms with Crippen LogP contribution in [0.5, 0.6) is 0 Å². The molecule has 0 radical (unpaired) electrons. The number of hydrogen-bond donors (Lipinski definition) is 1. The molecular formula is C22H29N. The minimum atomic E-state index is 0.263. The Morgan fingerprint density at radius 3 is 2.83 bits per heavy atom. The van der Waals surface area contributed by atoms with Gasteiger partial charge in [-0.2, -0.15) is 0 Å². The first-order valence-electron chi connectivity index (χ1n) is 9.17. The van der Waals surface area contributed by atoms with Crippen LogP contribution in [-0.4, -0.2) is 12.6 Å². The van der Waals surface area contributed by atoms with Crippen molar-refractivity contribution in [2.24, 2.45) is 11.3 Å². The van der Waals surface area contributed by atoms with Crippen LogP contribution in [0, 0.1) is 11.3 Å². The third kappa shape index (κ3) is 1.72. The molecule has 0 heterocycles. The number of rotatable bonds is 3. The molecule has 0 amide bonds. The second-order valence-corrected chi connectivity index (χ2v) is 8.09. The Kier molecular flexibility index (Phi) is 3.36. The van der Waals surface area contributed by atoms with Crippen molar-refractivity contribution >= 4 is 0 Å². The minimum absolute atomic E-state index is 0.263. The van der Waals surface area contributed by atoms with Crippen molar-refractivity contribution in [3.05, 3.63) is 59.2 Å². The molecule has 1 aromatic rings. The van der Waals surface area contributed by atoms with Crippen LogP contribution in [0.1, 0.15) is 51.2 Å². The molecule has 0 aromatic heterocycles. The highest BCUT2D eigenvalue weighted by Crippen LogP contribution is 2.67. The standard InChI is InChI=1S/C22H29N/c1-5-14-23-20-18-11-12-21(4)19-9-7-6-8-17(19)10-13-22(20,21)16(3)15(18)2/h5-9,18,20,23H,1,10-14H2,2-4H3/t18-,20?,21+,22+/m1/s1. The first kappa shape index (κ1) is 15.2. The molecule has 0 aliphatic heterocycles. The van der Waals surface area contributed by atoms with E-state index in [0.29, 0.717) is 12.0 Å². The van der Waals surface area contributed by atoms with Crippen molar-refractivity contribution in [2.45, 2.75) is 57.9 Å². The zero-order chi connectivity index (χ0) is 16.2. The Balaban J connectivity index is 1.91. The molecule has 1 heteroatoms. The van der Waals surface area contributed by atoms with Gasteiger partial charge in [-0.05, 0) is 56.6 Å². The van der Waals surface area contributed by atoms with Gasteiger partial charge in [-0.1, -0.05) is 48.4 Å². The molecule has 1 aromatic carbocycles. The fourth-order valence-electron chi connectivity index (χ4n) is 6.39. The van der Waals surface area contributed by atoms with E-state index in [0.717, 1.165) is 6.54 Å². The fourth-order valence-corrected chi connectivity index (χ4v) is 6.39. The summed E-state index contributed by atoms with van der Waals surface area (Å²) in [6, 6.07) is 9.78. The van der Waals surface area contributed by atoms with E-state index in [1.165, 1.54) is 25.7 Å². The van der Waals surface area contributed by atoms with Gasteiger partial charge in [0.2, 0.25) is 0 Å². The zero-order valence-corrected chi connectivity index (χ0v) is 14.8. The average Bonchev–Trinajstić information content (AvgIpc) is 2.72.